The molecule has 0 aliphatic carbocycles. The van der Waals surface area contributed by atoms with E-state index in [1.165, 1.54) is 6.20 Å². The lowest BCUT2D eigenvalue weighted by molar-refractivity contribution is -0.136. The highest BCUT2D eigenvalue weighted by Gasteiger charge is 2.11. The second-order valence-electron chi connectivity index (χ2n) is 2.67. The van der Waals surface area contributed by atoms with Crippen molar-refractivity contribution in [1.29, 1.82) is 0 Å². The molecule has 0 atom stereocenters. The zero-order valence-electron chi connectivity index (χ0n) is 8.07. The van der Waals surface area contributed by atoms with E-state index in [0.717, 1.165) is 5.56 Å². The summed E-state index contributed by atoms with van der Waals surface area (Å²) >= 11 is 0. The molecule has 0 amide bonds. The van der Waals surface area contributed by atoms with E-state index in [4.69, 9.17) is 10.5 Å². The molecule has 0 bridgehead atoms. The lowest BCUT2D eigenvalue weighted by Gasteiger charge is -2.05. The maximum absolute atomic E-state index is 11.4. The average molecular weight is 191 g/mol. The van der Waals surface area contributed by atoms with Gasteiger partial charge in [0, 0.05) is 6.20 Å². The summed E-state index contributed by atoms with van der Waals surface area (Å²) in [6.07, 6.45) is 1.27. The minimum Gasteiger partial charge on any atom is -0.462 e. The molecule has 14 heavy (non-hydrogen) atoms. The van der Waals surface area contributed by atoms with Crippen molar-refractivity contribution in [2.45, 2.75) is 6.92 Å². The van der Waals surface area contributed by atoms with Crippen molar-refractivity contribution in [2.24, 2.45) is 5.73 Å². The number of rotatable bonds is 3. The van der Waals surface area contributed by atoms with Gasteiger partial charge in [0.15, 0.2) is 0 Å². The number of carbonyl (C=O) groups excluding carboxylic acids is 1. The van der Waals surface area contributed by atoms with Crippen LogP contribution in [0.15, 0.2) is 36.5 Å². The van der Waals surface area contributed by atoms with Crippen LogP contribution in [0.25, 0.3) is 5.57 Å². The molecule has 0 saturated carbocycles. The quantitative estimate of drug-likeness (QED) is 0.582. The summed E-state index contributed by atoms with van der Waals surface area (Å²) in [5.41, 5.74) is 6.54. The van der Waals surface area contributed by atoms with Crippen molar-refractivity contribution in [2.75, 3.05) is 6.61 Å². The Morgan fingerprint density at radius 1 is 1.43 bits per heavy atom. The Morgan fingerprint density at radius 3 is 2.57 bits per heavy atom. The molecule has 0 heterocycles. The van der Waals surface area contributed by atoms with Gasteiger partial charge in [0.2, 0.25) is 0 Å². The van der Waals surface area contributed by atoms with Crippen LogP contribution in [0.4, 0.5) is 0 Å². The summed E-state index contributed by atoms with van der Waals surface area (Å²) in [5.74, 6) is -0.388. The maximum atomic E-state index is 11.4. The number of carbonyl (C=O) groups is 1. The Balaban J connectivity index is 2.89. The summed E-state index contributed by atoms with van der Waals surface area (Å²) in [6, 6.07) is 9.20. The van der Waals surface area contributed by atoms with Crippen LogP contribution >= 0.6 is 0 Å². The van der Waals surface area contributed by atoms with Crippen molar-refractivity contribution in [1.82, 2.24) is 0 Å². The average Bonchev–Trinajstić information content (AvgIpc) is 2.21. The summed E-state index contributed by atoms with van der Waals surface area (Å²) < 4.78 is 4.86. The number of benzene rings is 1. The first-order valence-electron chi connectivity index (χ1n) is 4.44. The number of hydrogen-bond donors (Lipinski definition) is 1. The molecule has 0 aromatic heterocycles. The monoisotopic (exact) mass is 191 g/mol. The Bertz CT molecular complexity index is 330. The first kappa shape index (κ1) is 10.3. The van der Waals surface area contributed by atoms with Crippen molar-refractivity contribution >= 4 is 11.5 Å². The van der Waals surface area contributed by atoms with Crippen LogP contribution in [0, 0.1) is 0 Å². The zero-order valence-corrected chi connectivity index (χ0v) is 8.07. The molecule has 74 valence electrons. The van der Waals surface area contributed by atoms with E-state index in [0.29, 0.717) is 12.2 Å². The molecule has 0 spiro atoms. The van der Waals surface area contributed by atoms with Gasteiger partial charge in [-0.2, -0.15) is 0 Å². The smallest absolute Gasteiger partial charge is 0.340 e. The SMILES string of the molecule is CCOC(=O)/C(=C\N)c1ccccc1. The third-order valence-electron chi connectivity index (χ3n) is 1.75. The molecule has 0 unspecified atom stereocenters. The molecule has 0 saturated heterocycles. The molecule has 0 aliphatic heterocycles. The van der Waals surface area contributed by atoms with Crippen LogP contribution in [0.2, 0.25) is 0 Å². The van der Waals surface area contributed by atoms with Crippen LogP contribution in [0.5, 0.6) is 0 Å². The third kappa shape index (κ3) is 2.36. The fraction of sp³-hybridized carbons (Fsp3) is 0.182. The van der Waals surface area contributed by atoms with Gasteiger partial charge >= 0.3 is 5.97 Å². The molecular formula is C11H13NO2. The fourth-order valence-electron chi connectivity index (χ4n) is 1.11. The molecule has 1 rings (SSSR count). The summed E-state index contributed by atoms with van der Waals surface area (Å²) in [5, 5.41) is 0. The van der Waals surface area contributed by atoms with E-state index in [1.54, 1.807) is 6.92 Å². The number of nitrogens with two attached hydrogens (primary N) is 1. The van der Waals surface area contributed by atoms with Crippen LogP contribution in [0.3, 0.4) is 0 Å². The highest BCUT2D eigenvalue weighted by atomic mass is 16.5. The summed E-state index contributed by atoms with van der Waals surface area (Å²) in [6.45, 7) is 2.11. The molecule has 2 N–H and O–H groups in total. The van der Waals surface area contributed by atoms with E-state index in [1.807, 2.05) is 30.3 Å². The van der Waals surface area contributed by atoms with Crippen molar-refractivity contribution in [3.63, 3.8) is 0 Å². The van der Waals surface area contributed by atoms with E-state index in [9.17, 15) is 4.79 Å². The first-order valence-corrected chi connectivity index (χ1v) is 4.44. The van der Waals surface area contributed by atoms with E-state index in [2.05, 4.69) is 0 Å². The minimum atomic E-state index is -0.388. The topological polar surface area (TPSA) is 52.3 Å². The minimum absolute atomic E-state index is 0.350. The van der Waals surface area contributed by atoms with Gasteiger partial charge in [0.25, 0.3) is 0 Å². The Hall–Kier alpha value is -1.77. The lowest BCUT2D eigenvalue weighted by atomic mass is 10.1. The molecule has 0 radical (unpaired) electrons. The Labute approximate surface area is 83.2 Å². The van der Waals surface area contributed by atoms with Crippen molar-refractivity contribution in [3.05, 3.63) is 42.1 Å². The Morgan fingerprint density at radius 2 is 2.07 bits per heavy atom. The van der Waals surface area contributed by atoms with Gasteiger partial charge < -0.3 is 10.5 Å². The number of ether oxygens (including phenoxy) is 1. The van der Waals surface area contributed by atoms with Gasteiger partial charge in [0.05, 0.1) is 12.2 Å². The second kappa shape index (κ2) is 5.07. The molecule has 1 aromatic rings. The third-order valence-corrected chi connectivity index (χ3v) is 1.75. The van der Waals surface area contributed by atoms with Crippen LogP contribution in [-0.4, -0.2) is 12.6 Å². The molecule has 0 aliphatic rings. The molecule has 1 aromatic carbocycles. The van der Waals surface area contributed by atoms with Gasteiger partial charge in [-0.3, -0.25) is 0 Å². The van der Waals surface area contributed by atoms with E-state index < -0.39 is 0 Å². The predicted molar refractivity (Wildman–Crippen MR) is 55.2 cm³/mol. The largest absolute Gasteiger partial charge is 0.462 e. The van der Waals surface area contributed by atoms with Gasteiger partial charge in [-0.15, -0.1) is 0 Å². The van der Waals surface area contributed by atoms with Gasteiger partial charge in [0.1, 0.15) is 0 Å². The Kier molecular flexibility index (Phi) is 3.73. The summed E-state index contributed by atoms with van der Waals surface area (Å²) in [7, 11) is 0. The molecule has 3 heteroatoms. The van der Waals surface area contributed by atoms with Gasteiger partial charge in [-0.05, 0) is 12.5 Å². The van der Waals surface area contributed by atoms with Gasteiger partial charge in [-0.1, -0.05) is 30.3 Å². The predicted octanol–water partition coefficient (Wildman–Crippen LogP) is 1.55. The first-order chi connectivity index (χ1) is 6.79. The van der Waals surface area contributed by atoms with Crippen LogP contribution in [-0.2, 0) is 9.53 Å². The number of hydrogen-bond acceptors (Lipinski definition) is 3. The van der Waals surface area contributed by atoms with Crippen molar-refractivity contribution < 1.29 is 9.53 Å². The molecular weight excluding hydrogens is 178 g/mol. The fourth-order valence-corrected chi connectivity index (χ4v) is 1.11. The standard InChI is InChI=1S/C11H13NO2/c1-2-14-11(13)10(8-12)9-6-4-3-5-7-9/h3-8H,2,12H2,1H3/b10-8-. The number of esters is 1. The molecule has 3 nitrogen and oxygen atoms in total. The highest BCUT2D eigenvalue weighted by Crippen LogP contribution is 2.14. The van der Waals surface area contributed by atoms with Crippen molar-refractivity contribution in [3.8, 4) is 0 Å². The zero-order chi connectivity index (χ0) is 10.4. The lowest BCUT2D eigenvalue weighted by Crippen LogP contribution is -2.08. The van der Waals surface area contributed by atoms with E-state index >= 15 is 0 Å². The summed E-state index contributed by atoms with van der Waals surface area (Å²) in [4.78, 5) is 11.4. The highest BCUT2D eigenvalue weighted by molar-refractivity contribution is 6.16. The second-order valence-corrected chi connectivity index (χ2v) is 2.67. The van der Waals surface area contributed by atoms with E-state index in [-0.39, 0.29) is 5.97 Å². The van der Waals surface area contributed by atoms with Crippen LogP contribution < -0.4 is 5.73 Å². The normalized spacial score (nSPS) is 11.1. The van der Waals surface area contributed by atoms with Gasteiger partial charge in [-0.25, -0.2) is 4.79 Å². The molecule has 0 fully saturated rings. The van der Waals surface area contributed by atoms with Crippen LogP contribution in [0.1, 0.15) is 12.5 Å². The maximum Gasteiger partial charge on any atom is 0.340 e.